The zero-order valence-electron chi connectivity index (χ0n) is 12.8. The normalized spacial score (nSPS) is 20.1. The molecule has 0 radical (unpaired) electrons. The topological polar surface area (TPSA) is 38.0 Å². The molecule has 2 rings (SSSR count). The predicted molar refractivity (Wildman–Crippen MR) is 86.3 cm³/mol. The van der Waals surface area contributed by atoms with Crippen LogP contribution in [0.3, 0.4) is 0 Å². The van der Waals surface area contributed by atoms with E-state index in [2.05, 4.69) is 55.7 Å². The lowest BCUT2D eigenvalue weighted by molar-refractivity contribution is 0.357. The first-order valence-electron chi connectivity index (χ1n) is 7.98. The largest absolute Gasteiger partial charge is 0.271 e. The number of nitrogens with one attached hydrogen (secondary N) is 1. The summed E-state index contributed by atoms with van der Waals surface area (Å²) in [6.07, 6.45) is 8.59. The summed E-state index contributed by atoms with van der Waals surface area (Å²) < 4.78 is 0. The molecule has 0 saturated heterocycles. The number of nitrogens with two attached hydrogens (primary N) is 1. The van der Waals surface area contributed by atoms with E-state index >= 15 is 0 Å². The second kappa shape index (κ2) is 7.61. The molecule has 0 aliphatic heterocycles. The number of hydrogen-bond acceptors (Lipinski definition) is 2. The van der Waals surface area contributed by atoms with Crippen molar-refractivity contribution in [3.8, 4) is 0 Å². The third kappa shape index (κ3) is 3.50. The van der Waals surface area contributed by atoms with Gasteiger partial charge in [-0.2, -0.15) is 0 Å². The number of hydrazine groups is 1. The van der Waals surface area contributed by atoms with Crippen LogP contribution in [0.25, 0.3) is 0 Å². The lowest BCUT2D eigenvalue weighted by Crippen LogP contribution is -2.43. The maximum atomic E-state index is 5.94. The quantitative estimate of drug-likeness (QED) is 0.464. The van der Waals surface area contributed by atoms with Crippen molar-refractivity contribution >= 4 is 0 Å². The Bertz CT molecular complexity index is 424. The molecule has 1 aromatic carbocycles. The smallest absolute Gasteiger partial charge is 0.0490 e. The maximum Gasteiger partial charge on any atom is 0.0490 e. The summed E-state index contributed by atoms with van der Waals surface area (Å²) in [5, 5.41) is 0. The molecule has 0 amide bonds. The van der Waals surface area contributed by atoms with E-state index in [1.54, 1.807) is 0 Å². The Morgan fingerprint density at radius 2 is 1.95 bits per heavy atom. The molecule has 2 heteroatoms. The predicted octanol–water partition coefficient (Wildman–Crippen LogP) is 4.15. The monoisotopic (exact) mass is 272 g/mol. The summed E-state index contributed by atoms with van der Waals surface area (Å²) in [6, 6.07) is 11.1. The van der Waals surface area contributed by atoms with Gasteiger partial charge in [0.15, 0.2) is 0 Å². The number of hydrogen-bond donors (Lipinski definition) is 2. The van der Waals surface area contributed by atoms with Crippen molar-refractivity contribution < 1.29 is 0 Å². The lowest BCUT2D eigenvalue weighted by atomic mass is 9.76. The van der Waals surface area contributed by atoms with Crippen molar-refractivity contribution in [3.05, 3.63) is 47.5 Å². The van der Waals surface area contributed by atoms with Crippen molar-refractivity contribution in [3.63, 3.8) is 0 Å². The molecular formula is C18H28N2. The van der Waals surface area contributed by atoms with E-state index in [9.17, 15) is 0 Å². The summed E-state index contributed by atoms with van der Waals surface area (Å²) >= 11 is 0. The molecule has 1 aromatic rings. The molecule has 1 aliphatic rings. The van der Waals surface area contributed by atoms with Gasteiger partial charge < -0.3 is 0 Å². The van der Waals surface area contributed by atoms with Crippen molar-refractivity contribution in [2.24, 2.45) is 11.8 Å². The minimum Gasteiger partial charge on any atom is -0.271 e. The van der Waals surface area contributed by atoms with Crippen LogP contribution in [0.5, 0.6) is 0 Å². The van der Waals surface area contributed by atoms with E-state index in [0.717, 1.165) is 0 Å². The van der Waals surface area contributed by atoms with E-state index in [-0.39, 0.29) is 6.04 Å². The van der Waals surface area contributed by atoms with E-state index in [0.29, 0.717) is 11.8 Å². The first-order chi connectivity index (χ1) is 9.77. The van der Waals surface area contributed by atoms with E-state index in [1.807, 2.05) is 0 Å². The fourth-order valence-corrected chi connectivity index (χ4v) is 3.37. The zero-order chi connectivity index (χ0) is 14.4. The van der Waals surface area contributed by atoms with Gasteiger partial charge in [-0.05, 0) is 37.2 Å². The van der Waals surface area contributed by atoms with Gasteiger partial charge in [-0.3, -0.25) is 11.3 Å². The highest BCUT2D eigenvalue weighted by molar-refractivity contribution is 5.28. The molecule has 0 spiro atoms. The molecule has 1 aliphatic carbocycles. The van der Waals surface area contributed by atoms with Crippen molar-refractivity contribution in [1.29, 1.82) is 0 Å². The van der Waals surface area contributed by atoms with Gasteiger partial charge in [0.2, 0.25) is 0 Å². The molecule has 3 unspecified atom stereocenters. The number of allylic oxidation sites excluding steroid dienone is 1. The fraction of sp³-hybridized carbons (Fsp3) is 0.556. The summed E-state index contributed by atoms with van der Waals surface area (Å²) in [5.74, 6) is 7.01. The van der Waals surface area contributed by atoms with Gasteiger partial charge in [0.05, 0.1) is 0 Å². The van der Waals surface area contributed by atoms with Crippen molar-refractivity contribution in [2.45, 2.75) is 57.9 Å². The van der Waals surface area contributed by atoms with E-state index < -0.39 is 0 Å². The molecule has 0 fully saturated rings. The van der Waals surface area contributed by atoms with E-state index in [1.165, 1.54) is 43.2 Å². The van der Waals surface area contributed by atoms with Crippen molar-refractivity contribution in [2.75, 3.05) is 0 Å². The zero-order valence-corrected chi connectivity index (χ0v) is 12.8. The first kappa shape index (κ1) is 15.3. The molecule has 0 aromatic heterocycles. The molecule has 0 bridgehead atoms. The van der Waals surface area contributed by atoms with Crippen LogP contribution in [0.2, 0.25) is 0 Å². The highest BCUT2D eigenvalue weighted by Crippen LogP contribution is 2.35. The van der Waals surface area contributed by atoms with Gasteiger partial charge in [-0.25, -0.2) is 0 Å². The van der Waals surface area contributed by atoms with Gasteiger partial charge in [0.1, 0.15) is 0 Å². The van der Waals surface area contributed by atoms with Gasteiger partial charge in [0.25, 0.3) is 0 Å². The minimum atomic E-state index is 0.271. The Balaban J connectivity index is 2.31. The summed E-state index contributed by atoms with van der Waals surface area (Å²) in [6.45, 7) is 4.61. The fourth-order valence-electron chi connectivity index (χ4n) is 3.37. The van der Waals surface area contributed by atoms with E-state index in [4.69, 9.17) is 5.84 Å². The molecular weight excluding hydrogens is 244 g/mol. The van der Waals surface area contributed by atoms with Crippen LogP contribution in [0, 0.1) is 5.92 Å². The van der Waals surface area contributed by atoms with Crippen LogP contribution in [-0.4, -0.2) is 6.04 Å². The van der Waals surface area contributed by atoms with Crippen LogP contribution in [0.4, 0.5) is 0 Å². The Morgan fingerprint density at radius 1 is 1.20 bits per heavy atom. The third-order valence-corrected chi connectivity index (χ3v) is 4.71. The highest BCUT2D eigenvalue weighted by Gasteiger charge is 2.29. The SMILES string of the molecule is CCC(C)C(c1ccccc1)C(NN)C1=CCCCC1. The molecule has 0 saturated carbocycles. The van der Waals surface area contributed by atoms with Gasteiger partial charge in [0, 0.05) is 12.0 Å². The third-order valence-electron chi connectivity index (χ3n) is 4.71. The maximum absolute atomic E-state index is 5.94. The standard InChI is InChI=1S/C18H28N2/c1-3-14(2)17(15-10-6-4-7-11-15)18(20-19)16-12-8-5-9-13-16/h4,6-7,10-12,14,17-18,20H,3,5,8-9,13,19H2,1-2H3. The van der Waals surface area contributed by atoms with Gasteiger partial charge >= 0.3 is 0 Å². The molecule has 3 atom stereocenters. The van der Waals surface area contributed by atoms with Gasteiger partial charge in [-0.1, -0.05) is 62.2 Å². The van der Waals surface area contributed by atoms with Crippen molar-refractivity contribution in [1.82, 2.24) is 5.43 Å². The van der Waals surface area contributed by atoms with Crippen LogP contribution in [-0.2, 0) is 0 Å². The number of rotatable bonds is 6. The summed E-state index contributed by atoms with van der Waals surface area (Å²) in [4.78, 5) is 0. The van der Waals surface area contributed by atoms with Crippen LogP contribution >= 0.6 is 0 Å². The van der Waals surface area contributed by atoms with Gasteiger partial charge in [-0.15, -0.1) is 0 Å². The average molecular weight is 272 g/mol. The van der Waals surface area contributed by atoms with Crippen LogP contribution in [0.1, 0.15) is 57.4 Å². The average Bonchev–Trinajstić information content (AvgIpc) is 2.53. The Hall–Kier alpha value is -1.12. The molecule has 2 nitrogen and oxygen atoms in total. The minimum absolute atomic E-state index is 0.271. The molecule has 110 valence electrons. The summed E-state index contributed by atoms with van der Waals surface area (Å²) in [7, 11) is 0. The molecule has 3 N–H and O–H groups in total. The highest BCUT2D eigenvalue weighted by atomic mass is 15.2. The lowest BCUT2D eigenvalue weighted by Gasteiger charge is -2.34. The molecule has 20 heavy (non-hydrogen) atoms. The summed E-state index contributed by atoms with van der Waals surface area (Å²) in [5.41, 5.74) is 6.02. The van der Waals surface area contributed by atoms with Crippen LogP contribution in [0.15, 0.2) is 42.0 Å². The number of benzene rings is 1. The molecule has 0 heterocycles. The Kier molecular flexibility index (Phi) is 5.81. The Morgan fingerprint density at radius 3 is 2.50 bits per heavy atom. The second-order valence-corrected chi connectivity index (χ2v) is 5.99. The van der Waals surface area contributed by atoms with Crippen LogP contribution < -0.4 is 11.3 Å². The Labute approximate surface area is 123 Å². The first-order valence-corrected chi connectivity index (χ1v) is 7.98. The second-order valence-electron chi connectivity index (χ2n) is 5.99.